The molecular weight excluding hydrogens is 310 g/mol. The zero-order chi connectivity index (χ0) is 16.0. The fourth-order valence-electron chi connectivity index (χ4n) is 2.83. The van der Waals surface area contributed by atoms with E-state index in [1.54, 1.807) is 18.2 Å². The molecule has 2 heterocycles. The van der Waals surface area contributed by atoms with Gasteiger partial charge in [0.15, 0.2) is 0 Å². The van der Waals surface area contributed by atoms with Gasteiger partial charge in [0.1, 0.15) is 17.3 Å². The average molecular weight is 320 g/mol. The number of nitrogens with zero attached hydrogens (tertiary/aromatic N) is 2. The van der Waals surface area contributed by atoms with Gasteiger partial charge in [0, 0.05) is 16.8 Å². The van der Waals surface area contributed by atoms with Gasteiger partial charge < -0.3 is 9.38 Å². The third kappa shape index (κ3) is 2.02. The van der Waals surface area contributed by atoms with Crippen molar-refractivity contribution in [2.45, 2.75) is 0 Å². The zero-order valence-corrected chi connectivity index (χ0v) is 12.6. The number of hydrogen-bond acceptors (Lipinski definition) is 2. The smallest absolute Gasteiger partial charge is 0.258 e. The summed E-state index contributed by atoms with van der Waals surface area (Å²) in [7, 11) is 0. The average Bonchev–Trinajstić information content (AvgIpc) is 2.94. The molecule has 4 aromatic rings. The minimum absolute atomic E-state index is 0.203. The van der Waals surface area contributed by atoms with Crippen LogP contribution in [0.15, 0.2) is 59.5 Å². The number of nitrogens with one attached hydrogen (secondary N) is 1. The molecule has 0 fully saturated rings. The third-order valence-corrected chi connectivity index (χ3v) is 4.16. The van der Waals surface area contributed by atoms with Gasteiger partial charge in [-0.1, -0.05) is 35.9 Å². The number of nitriles is 1. The van der Waals surface area contributed by atoms with Crippen molar-refractivity contribution in [3.8, 4) is 17.2 Å². The maximum Gasteiger partial charge on any atom is 0.258 e. The van der Waals surface area contributed by atoms with Crippen molar-refractivity contribution in [3.63, 3.8) is 0 Å². The van der Waals surface area contributed by atoms with Crippen LogP contribution in [-0.4, -0.2) is 9.38 Å². The van der Waals surface area contributed by atoms with Crippen molar-refractivity contribution in [2.75, 3.05) is 0 Å². The number of fused-ring (bicyclic) bond motifs is 3. The summed E-state index contributed by atoms with van der Waals surface area (Å²) < 4.78 is 1.85. The van der Waals surface area contributed by atoms with Crippen molar-refractivity contribution < 1.29 is 0 Å². The summed E-state index contributed by atoms with van der Waals surface area (Å²) in [6.45, 7) is 0. The third-order valence-electron chi connectivity index (χ3n) is 3.91. The van der Waals surface area contributed by atoms with E-state index in [4.69, 9.17) is 11.6 Å². The monoisotopic (exact) mass is 319 g/mol. The zero-order valence-electron chi connectivity index (χ0n) is 11.9. The normalized spacial score (nSPS) is 11.0. The first-order valence-electron chi connectivity index (χ1n) is 7.01. The number of halogens is 1. The summed E-state index contributed by atoms with van der Waals surface area (Å²) >= 11 is 5.93. The first-order valence-corrected chi connectivity index (χ1v) is 7.39. The quantitative estimate of drug-likeness (QED) is 0.577. The van der Waals surface area contributed by atoms with E-state index in [9.17, 15) is 10.1 Å². The fraction of sp³-hybridized carbons (Fsp3) is 0. The van der Waals surface area contributed by atoms with Crippen LogP contribution in [0.3, 0.4) is 0 Å². The van der Waals surface area contributed by atoms with Gasteiger partial charge in [0.05, 0.1) is 10.9 Å². The van der Waals surface area contributed by atoms with Crippen LogP contribution in [0.5, 0.6) is 0 Å². The fourth-order valence-corrected chi connectivity index (χ4v) is 2.96. The molecule has 4 rings (SSSR count). The van der Waals surface area contributed by atoms with Crippen LogP contribution in [0.25, 0.3) is 27.7 Å². The molecule has 23 heavy (non-hydrogen) atoms. The number of para-hydroxylation sites is 1. The SMILES string of the molecule is N#Cc1c(-c2ccc(Cl)cc2)cn2c1[nH]c(=O)c1ccccc12. The molecule has 0 bridgehead atoms. The van der Waals surface area contributed by atoms with Crippen LogP contribution in [-0.2, 0) is 0 Å². The molecule has 4 nitrogen and oxygen atoms in total. The summed E-state index contributed by atoms with van der Waals surface area (Å²) in [4.78, 5) is 15.1. The molecule has 0 radical (unpaired) electrons. The van der Waals surface area contributed by atoms with Crippen LogP contribution in [0.4, 0.5) is 0 Å². The standard InChI is InChI=1S/C18H10ClN3O/c19-12-7-5-11(6-8-12)15-10-22-16-4-2-1-3-13(16)18(23)21-17(22)14(15)9-20/h1-8,10H,(H,21,23). The Balaban J connectivity index is 2.15. The van der Waals surface area contributed by atoms with E-state index in [0.29, 0.717) is 21.6 Å². The summed E-state index contributed by atoms with van der Waals surface area (Å²) in [6, 6.07) is 16.8. The molecule has 0 unspecified atom stereocenters. The van der Waals surface area contributed by atoms with E-state index in [2.05, 4.69) is 11.1 Å². The van der Waals surface area contributed by atoms with E-state index in [-0.39, 0.29) is 5.56 Å². The van der Waals surface area contributed by atoms with Gasteiger partial charge in [-0.15, -0.1) is 0 Å². The summed E-state index contributed by atoms with van der Waals surface area (Å²) in [5.41, 5.74) is 3.14. The van der Waals surface area contributed by atoms with Crippen LogP contribution in [0.1, 0.15) is 5.56 Å². The van der Waals surface area contributed by atoms with Gasteiger partial charge in [-0.25, -0.2) is 0 Å². The highest BCUT2D eigenvalue weighted by Gasteiger charge is 2.15. The maximum atomic E-state index is 12.3. The van der Waals surface area contributed by atoms with Crippen molar-refractivity contribution in [2.24, 2.45) is 0 Å². The molecule has 0 saturated carbocycles. The van der Waals surface area contributed by atoms with Crippen LogP contribution in [0.2, 0.25) is 5.02 Å². The van der Waals surface area contributed by atoms with Crippen LogP contribution < -0.4 is 5.56 Å². The Bertz CT molecular complexity index is 1150. The van der Waals surface area contributed by atoms with Gasteiger partial charge in [0.25, 0.3) is 5.56 Å². The Morgan fingerprint density at radius 3 is 2.57 bits per heavy atom. The Kier molecular flexibility index (Phi) is 2.97. The second-order valence-electron chi connectivity index (χ2n) is 5.23. The lowest BCUT2D eigenvalue weighted by molar-refractivity contribution is 1.16. The Morgan fingerprint density at radius 1 is 1.09 bits per heavy atom. The molecule has 0 aliphatic heterocycles. The highest BCUT2D eigenvalue weighted by atomic mass is 35.5. The van der Waals surface area contributed by atoms with Gasteiger partial charge in [-0.3, -0.25) is 4.79 Å². The second-order valence-corrected chi connectivity index (χ2v) is 5.66. The number of benzene rings is 2. The number of aromatic amines is 1. The molecule has 1 N–H and O–H groups in total. The topological polar surface area (TPSA) is 61.1 Å². The summed E-state index contributed by atoms with van der Waals surface area (Å²) in [5.74, 6) is 0. The summed E-state index contributed by atoms with van der Waals surface area (Å²) in [5, 5.41) is 10.8. The molecule has 110 valence electrons. The van der Waals surface area contributed by atoms with Crippen LogP contribution >= 0.6 is 11.6 Å². The molecule has 0 spiro atoms. The highest BCUT2D eigenvalue weighted by molar-refractivity contribution is 6.30. The lowest BCUT2D eigenvalue weighted by Gasteiger charge is -2.01. The van der Waals surface area contributed by atoms with E-state index in [0.717, 1.165) is 16.6 Å². The highest BCUT2D eigenvalue weighted by Crippen LogP contribution is 2.29. The lowest BCUT2D eigenvalue weighted by atomic mass is 10.1. The van der Waals surface area contributed by atoms with Gasteiger partial charge in [-0.05, 0) is 29.8 Å². The van der Waals surface area contributed by atoms with Crippen LogP contribution in [0, 0.1) is 11.3 Å². The maximum absolute atomic E-state index is 12.3. The molecule has 5 heteroatoms. The van der Waals surface area contributed by atoms with Gasteiger partial charge in [0.2, 0.25) is 0 Å². The number of aromatic nitrogens is 2. The van der Waals surface area contributed by atoms with E-state index in [1.807, 2.05) is 40.9 Å². The number of hydrogen-bond donors (Lipinski definition) is 1. The Morgan fingerprint density at radius 2 is 1.83 bits per heavy atom. The molecule has 0 aliphatic rings. The Hall–Kier alpha value is -3.03. The Labute approximate surface area is 136 Å². The molecule has 0 saturated heterocycles. The number of rotatable bonds is 1. The first kappa shape index (κ1) is 13.6. The van der Waals surface area contributed by atoms with Crippen molar-refractivity contribution in [1.82, 2.24) is 9.38 Å². The first-order chi connectivity index (χ1) is 11.2. The van der Waals surface area contributed by atoms with Crippen molar-refractivity contribution in [1.29, 1.82) is 5.26 Å². The molecule has 0 amide bonds. The lowest BCUT2D eigenvalue weighted by Crippen LogP contribution is -2.09. The predicted octanol–water partition coefficient (Wildman–Crippen LogP) is 3.97. The van der Waals surface area contributed by atoms with E-state index in [1.165, 1.54) is 0 Å². The van der Waals surface area contributed by atoms with Gasteiger partial charge >= 0.3 is 0 Å². The molecule has 2 aromatic carbocycles. The van der Waals surface area contributed by atoms with E-state index >= 15 is 0 Å². The van der Waals surface area contributed by atoms with E-state index < -0.39 is 0 Å². The van der Waals surface area contributed by atoms with Crippen molar-refractivity contribution >= 4 is 28.2 Å². The minimum Gasteiger partial charge on any atom is -0.306 e. The number of H-pyrrole nitrogens is 1. The van der Waals surface area contributed by atoms with Gasteiger partial charge in [-0.2, -0.15) is 5.26 Å². The molecule has 0 atom stereocenters. The minimum atomic E-state index is -0.203. The predicted molar refractivity (Wildman–Crippen MR) is 90.7 cm³/mol. The summed E-state index contributed by atoms with van der Waals surface area (Å²) in [6.07, 6.45) is 1.87. The molecule has 0 aliphatic carbocycles. The second kappa shape index (κ2) is 5.01. The molecule has 2 aromatic heterocycles. The molecular formula is C18H10ClN3O. The largest absolute Gasteiger partial charge is 0.306 e. The van der Waals surface area contributed by atoms with Crippen molar-refractivity contribution in [3.05, 3.63) is 75.7 Å².